The highest BCUT2D eigenvalue weighted by Crippen LogP contribution is 2.49. The summed E-state index contributed by atoms with van der Waals surface area (Å²) in [4.78, 5) is 2.48. The van der Waals surface area contributed by atoms with Crippen molar-refractivity contribution in [3.63, 3.8) is 0 Å². The summed E-state index contributed by atoms with van der Waals surface area (Å²) >= 11 is 0. The number of aromatic nitrogens is 1. The lowest BCUT2D eigenvalue weighted by molar-refractivity contribution is 1.21. The van der Waals surface area contributed by atoms with Crippen LogP contribution in [0.2, 0.25) is 0 Å². The van der Waals surface area contributed by atoms with Gasteiger partial charge in [-0.05, 0) is 103 Å². The third kappa shape index (κ3) is 5.50. The fraction of sp³-hybridized carbons (Fsp3) is 0. The van der Waals surface area contributed by atoms with E-state index in [0.717, 1.165) is 17.1 Å². The number of anilines is 3. The maximum Gasteiger partial charge on any atom is 0.0640 e. The zero-order chi connectivity index (χ0) is 39.6. The van der Waals surface area contributed by atoms with Crippen LogP contribution < -0.4 is 4.90 Å². The lowest BCUT2D eigenvalue weighted by atomic mass is 9.98. The average molecular weight is 763 g/mol. The van der Waals surface area contributed by atoms with Gasteiger partial charge >= 0.3 is 0 Å². The van der Waals surface area contributed by atoms with Crippen LogP contribution in [0.4, 0.5) is 17.1 Å². The standard InChI is InChI=1S/C58H38N2/c1-3-15-39(16-4-1)42-27-31-47(32-28-42)59(48-33-29-41-19-7-8-20-43(41)35-48)56-38-46-22-10-12-24-50(46)58-57(56)53-36-44(40-17-5-2-6-18-40)30-34-54(53)60(58)55-37-45-21-9-11-23-49(45)51-25-13-14-26-52(51)55/h1-38H. The topological polar surface area (TPSA) is 8.17 Å². The lowest BCUT2D eigenvalue weighted by Gasteiger charge is -2.28. The summed E-state index contributed by atoms with van der Waals surface area (Å²) in [5, 5.41) is 12.2. The van der Waals surface area contributed by atoms with Crippen LogP contribution in [-0.2, 0) is 0 Å². The van der Waals surface area contributed by atoms with Crippen molar-refractivity contribution in [2.45, 2.75) is 0 Å². The summed E-state index contributed by atoms with van der Waals surface area (Å²) in [7, 11) is 0. The van der Waals surface area contributed by atoms with E-state index in [1.165, 1.54) is 92.8 Å². The second-order valence-electron chi connectivity index (χ2n) is 15.7. The molecule has 0 spiro atoms. The molecule has 60 heavy (non-hydrogen) atoms. The average Bonchev–Trinajstić information content (AvgIpc) is 3.67. The Hall–Kier alpha value is -7.94. The molecule has 2 heteroatoms. The van der Waals surface area contributed by atoms with Gasteiger partial charge < -0.3 is 9.47 Å². The molecule has 0 unspecified atom stereocenters. The summed E-state index contributed by atoms with van der Waals surface area (Å²) < 4.78 is 2.55. The van der Waals surface area contributed by atoms with Gasteiger partial charge in [0, 0.05) is 32.9 Å². The monoisotopic (exact) mass is 762 g/mol. The van der Waals surface area contributed by atoms with Crippen LogP contribution in [-0.4, -0.2) is 4.57 Å². The van der Waals surface area contributed by atoms with Gasteiger partial charge in [-0.15, -0.1) is 0 Å². The van der Waals surface area contributed by atoms with Gasteiger partial charge in [0.25, 0.3) is 0 Å². The molecule has 1 heterocycles. The molecule has 2 nitrogen and oxygen atoms in total. The Morgan fingerprint density at radius 3 is 1.57 bits per heavy atom. The highest BCUT2D eigenvalue weighted by atomic mass is 15.1. The van der Waals surface area contributed by atoms with Gasteiger partial charge in [-0.1, -0.05) is 182 Å². The number of hydrogen-bond acceptors (Lipinski definition) is 1. The summed E-state index contributed by atoms with van der Waals surface area (Å²) in [6.45, 7) is 0. The molecule has 0 aliphatic carbocycles. The predicted molar refractivity (Wildman–Crippen MR) is 256 cm³/mol. The first kappa shape index (κ1) is 34.1. The van der Waals surface area contributed by atoms with Gasteiger partial charge in [0.2, 0.25) is 0 Å². The molecule has 0 atom stereocenters. The number of fused-ring (bicyclic) bond motifs is 9. The van der Waals surface area contributed by atoms with Crippen LogP contribution >= 0.6 is 0 Å². The minimum atomic E-state index is 1.10. The Kier molecular flexibility index (Phi) is 7.89. The zero-order valence-electron chi connectivity index (χ0n) is 32.8. The van der Waals surface area contributed by atoms with Gasteiger partial charge in [-0.2, -0.15) is 0 Å². The summed E-state index contributed by atoms with van der Waals surface area (Å²) in [6.07, 6.45) is 0. The van der Waals surface area contributed by atoms with Crippen LogP contribution in [0.25, 0.3) is 92.8 Å². The summed E-state index contributed by atoms with van der Waals surface area (Å²) in [5.41, 5.74) is 11.6. The van der Waals surface area contributed by atoms with Crippen molar-refractivity contribution >= 4 is 82.0 Å². The Labute approximate surface area is 348 Å². The third-order valence-corrected chi connectivity index (χ3v) is 12.3. The van der Waals surface area contributed by atoms with Gasteiger partial charge in [0.15, 0.2) is 0 Å². The normalized spacial score (nSPS) is 11.7. The van der Waals surface area contributed by atoms with E-state index in [1.807, 2.05) is 0 Å². The van der Waals surface area contributed by atoms with Crippen molar-refractivity contribution in [3.05, 3.63) is 231 Å². The van der Waals surface area contributed by atoms with E-state index >= 15 is 0 Å². The first-order valence-electron chi connectivity index (χ1n) is 20.7. The number of rotatable bonds is 6. The van der Waals surface area contributed by atoms with Crippen molar-refractivity contribution < 1.29 is 0 Å². The molecule has 0 amide bonds. The quantitative estimate of drug-likeness (QED) is 0.153. The fourth-order valence-corrected chi connectivity index (χ4v) is 9.50. The molecule has 0 fully saturated rings. The van der Waals surface area contributed by atoms with E-state index in [9.17, 15) is 0 Å². The molecule has 0 saturated heterocycles. The second kappa shape index (κ2) is 13.9. The number of hydrogen-bond donors (Lipinski definition) is 0. The van der Waals surface area contributed by atoms with Crippen molar-refractivity contribution in [3.8, 4) is 27.9 Å². The maximum atomic E-state index is 2.55. The Morgan fingerprint density at radius 2 is 0.833 bits per heavy atom. The molecule has 0 N–H and O–H groups in total. The van der Waals surface area contributed by atoms with Gasteiger partial charge in [0.1, 0.15) is 0 Å². The van der Waals surface area contributed by atoms with Gasteiger partial charge in [0.05, 0.1) is 22.4 Å². The minimum absolute atomic E-state index is 1.10. The van der Waals surface area contributed by atoms with E-state index < -0.39 is 0 Å². The largest absolute Gasteiger partial charge is 0.310 e. The van der Waals surface area contributed by atoms with Gasteiger partial charge in [-0.3, -0.25) is 0 Å². The highest BCUT2D eigenvalue weighted by molar-refractivity contribution is 6.26. The summed E-state index contributed by atoms with van der Waals surface area (Å²) in [5.74, 6) is 0. The highest BCUT2D eigenvalue weighted by Gasteiger charge is 2.25. The van der Waals surface area contributed by atoms with Crippen LogP contribution in [0, 0.1) is 0 Å². The molecule has 0 saturated carbocycles. The molecule has 0 radical (unpaired) electrons. The molecule has 12 aromatic rings. The van der Waals surface area contributed by atoms with Crippen molar-refractivity contribution in [2.24, 2.45) is 0 Å². The van der Waals surface area contributed by atoms with E-state index in [-0.39, 0.29) is 0 Å². The molecule has 1 aromatic heterocycles. The molecule has 280 valence electrons. The number of benzene rings is 11. The predicted octanol–water partition coefficient (Wildman–Crippen LogP) is 16.2. The third-order valence-electron chi connectivity index (χ3n) is 12.3. The van der Waals surface area contributed by atoms with E-state index in [1.54, 1.807) is 0 Å². The summed E-state index contributed by atoms with van der Waals surface area (Å²) in [6, 6.07) is 84.5. The smallest absolute Gasteiger partial charge is 0.0640 e. The number of nitrogens with zero attached hydrogens (tertiary/aromatic N) is 2. The minimum Gasteiger partial charge on any atom is -0.310 e. The maximum absolute atomic E-state index is 2.55. The SMILES string of the molecule is c1ccc(-c2ccc(N(c3ccc4ccccc4c3)c3cc4ccccc4c4c3c3cc(-c5ccccc5)ccc3n4-c3cc4ccccc4c4ccccc34)cc2)cc1. The first-order valence-corrected chi connectivity index (χ1v) is 20.7. The second-order valence-corrected chi connectivity index (χ2v) is 15.7. The fourth-order valence-electron chi connectivity index (χ4n) is 9.50. The zero-order valence-corrected chi connectivity index (χ0v) is 32.8. The van der Waals surface area contributed by atoms with Crippen LogP contribution in [0.5, 0.6) is 0 Å². The van der Waals surface area contributed by atoms with Crippen LogP contribution in [0.3, 0.4) is 0 Å². The van der Waals surface area contributed by atoms with Crippen LogP contribution in [0.15, 0.2) is 231 Å². The van der Waals surface area contributed by atoms with E-state index in [4.69, 9.17) is 0 Å². The molecule has 12 rings (SSSR count). The molecular formula is C58H38N2. The van der Waals surface area contributed by atoms with Crippen molar-refractivity contribution in [1.82, 2.24) is 4.57 Å². The van der Waals surface area contributed by atoms with Crippen molar-refractivity contribution in [2.75, 3.05) is 4.90 Å². The van der Waals surface area contributed by atoms with Crippen LogP contribution in [0.1, 0.15) is 0 Å². The van der Waals surface area contributed by atoms with Crippen molar-refractivity contribution in [1.29, 1.82) is 0 Å². The molecule has 0 aliphatic rings. The molecular weight excluding hydrogens is 725 g/mol. The molecule has 0 aliphatic heterocycles. The Balaban J connectivity index is 1.24. The first-order chi connectivity index (χ1) is 29.8. The van der Waals surface area contributed by atoms with E-state index in [0.29, 0.717) is 0 Å². The van der Waals surface area contributed by atoms with E-state index in [2.05, 4.69) is 240 Å². The Morgan fingerprint density at radius 1 is 0.300 bits per heavy atom. The molecule has 0 bridgehead atoms. The Bertz CT molecular complexity index is 3580. The lowest BCUT2D eigenvalue weighted by Crippen LogP contribution is -2.10. The van der Waals surface area contributed by atoms with Gasteiger partial charge in [-0.25, -0.2) is 0 Å². The molecule has 11 aromatic carbocycles.